The molecule has 0 radical (unpaired) electrons. The van der Waals surface area contributed by atoms with Gasteiger partial charge in [-0.2, -0.15) is 15.0 Å². The van der Waals surface area contributed by atoms with E-state index < -0.39 is 0 Å². The number of hydrogen-bond donors (Lipinski definition) is 1. The maximum Gasteiger partial charge on any atom is 0.230 e. The van der Waals surface area contributed by atoms with Crippen molar-refractivity contribution in [3.63, 3.8) is 0 Å². The maximum absolute atomic E-state index is 5.82. The van der Waals surface area contributed by atoms with Gasteiger partial charge in [-0.1, -0.05) is 0 Å². The Morgan fingerprint density at radius 3 is 2.82 bits per heavy atom. The minimum absolute atomic E-state index is 0.176. The average molecular weight is 271 g/mol. The minimum atomic E-state index is 0.176. The lowest BCUT2D eigenvalue weighted by molar-refractivity contribution is 0.944. The highest BCUT2D eigenvalue weighted by atomic mass is 35.5. The third-order valence-corrected chi connectivity index (χ3v) is 2.85. The topological polar surface area (TPSA) is 66.8 Å². The fourth-order valence-electron chi connectivity index (χ4n) is 1.11. The van der Waals surface area contributed by atoms with Crippen LogP contribution in [0, 0.1) is 0 Å². The second-order valence-corrected chi connectivity index (χ2v) is 4.75. The standard InChI is InChI=1S/C9H11ClN6S/c1-16(2)9-14-7(10)13-8(15-9)12-4-6-3-11-5-17-6/h3,5H,4H2,1-2H3,(H,12,13,14,15). The average Bonchev–Trinajstić information content (AvgIpc) is 2.78. The van der Waals surface area contributed by atoms with Crippen LogP contribution in [0.15, 0.2) is 11.7 Å². The molecule has 6 nitrogen and oxygen atoms in total. The zero-order chi connectivity index (χ0) is 12.3. The molecule has 8 heteroatoms. The minimum Gasteiger partial charge on any atom is -0.349 e. The lowest BCUT2D eigenvalue weighted by Gasteiger charge is -2.11. The van der Waals surface area contributed by atoms with Crippen LogP contribution in [0.25, 0.3) is 0 Å². The Bertz CT molecular complexity index is 486. The van der Waals surface area contributed by atoms with Crippen LogP contribution in [0.5, 0.6) is 0 Å². The van der Waals surface area contributed by atoms with Gasteiger partial charge in [-0.05, 0) is 11.6 Å². The Kier molecular flexibility index (Phi) is 3.70. The van der Waals surface area contributed by atoms with Crippen LogP contribution in [-0.2, 0) is 6.54 Å². The van der Waals surface area contributed by atoms with E-state index in [9.17, 15) is 0 Å². The molecule has 0 spiro atoms. The van der Waals surface area contributed by atoms with Crippen LogP contribution in [0.3, 0.4) is 0 Å². The fourth-order valence-corrected chi connectivity index (χ4v) is 1.80. The van der Waals surface area contributed by atoms with Gasteiger partial charge in [-0.15, -0.1) is 11.3 Å². The Labute approximate surface area is 108 Å². The van der Waals surface area contributed by atoms with Gasteiger partial charge in [0.25, 0.3) is 0 Å². The lowest BCUT2D eigenvalue weighted by Crippen LogP contribution is -2.15. The van der Waals surface area contributed by atoms with Crippen molar-refractivity contribution in [1.29, 1.82) is 0 Å². The molecule has 2 rings (SSSR count). The third kappa shape index (κ3) is 3.24. The Morgan fingerprint density at radius 1 is 1.35 bits per heavy atom. The number of nitrogens with zero attached hydrogens (tertiary/aromatic N) is 5. The van der Waals surface area contributed by atoms with E-state index in [1.807, 2.05) is 14.1 Å². The van der Waals surface area contributed by atoms with Crippen molar-refractivity contribution in [1.82, 2.24) is 19.9 Å². The number of thiazole rings is 1. The van der Waals surface area contributed by atoms with Crippen molar-refractivity contribution in [3.8, 4) is 0 Å². The van der Waals surface area contributed by atoms with Crippen molar-refractivity contribution in [2.24, 2.45) is 0 Å². The van der Waals surface area contributed by atoms with Gasteiger partial charge in [-0.3, -0.25) is 4.98 Å². The third-order valence-electron chi connectivity index (χ3n) is 1.90. The second kappa shape index (κ2) is 5.24. The number of hydrogen-bond acceptors (Lipinski definition) is 7. The molecule has 2 heterocycles. The summed E-state index contributed by atoms with van der Waals surface area (Å²) in [5.41, 5.74) is 1.78. The summed E-state index contributed by atoms with van der Waals surface area (Å²) in [7, 11) is 3.69. The number of aromatic nitrogens is 4. The van der Waals surface area contributed by atoms with Gasteiger partial charge in [0.1, 0.15) is 0 Å². The van der Waals surface area contributed by atoms with Crippen molar-refractivity contribution in [2.45, 2.75) is 6.54 Å². The van der Waals surface area contributed by atoms with Crippen LogP contribution in [0.2, 0.25) is 5.28 Å². The van der Waals surface area contributed by atoms with Gasteiger partial charge in [0, 0.05) is 25.2 Å². The molecule has 90 valence electrons. The Morgan fingerprint density at radius 2 is 2.18 bits per heavy atom. The predicted molar refractivity (Wildman–Crippen MR) is 68.6 cm³/mol. The maximum atomic E-state index is 5.82. The molecule has 2 aromatic heterocycles. The van der Waals surface area contributed by atoms with E-state index in [2.05, 4.69) is 25.3 Å². The SMILES string of the molecule is CN(C)c1nc(Cl)nc(NCc2cncs2)n1. The monoisotopic (exact) mass is 270 g/mol. The molecule has 0 aromatic carbocycles. The summed E-state index contributed by atoms with van der Waals surface area (Å²) in [4.78, 5) is 19.1. The van der Waals surface area contributed by atoms with Crippen LogP contribution in [0.4, 0.5) is 11.9 Å². The van der Waals surface area contributed by atoms with E-state index in [1.54, 1.807) is 27.9 Å². The smallest absolute Gasteiger partial charge is 0.230 e. The highest BCUT2D eigenvalue weighted by Gasteiger charge is 2.06. The van der Waals surface area contributed by atoms with E-state index in [4.69, 9.17) is 11.6 Å². The zero-order valence-electron chi connectivity index (χ0n) is 9.38. The van der Waals surface area contributed by atoms with Crippen molar-refractivity contribution < 1.29 is 0 Å². The first-order chi connectivity index (χ1) is 8.15. The van der Waals surface area contributed by atoms with Gasteiger partial charge in [0.05, 0.1) is 12.1 Å². The van der Waals surface area contributed by atoms with Crippen molar-refractivity contribution in [3.05, 3.63) is 21.9 Å². The Hall–Kier alpha value is -1.47. The largest absolute Gasteiger partial charge is 0.349 e. The predicted octanol–water partition coefficient (Wildman–Crippen LogP) is 1.66. The number of anilines is 2. The van der Waals surface area contributed by atoms with E-state index in [0.29, 0.717) is 18.4 Å². The van der Waals surface area contributed by atoms with Crippen molar-refractivity contribution in [2.75, 3.05) is 24.3 Å². The quantitative estimate of drug-likeness (QED) is 0.911. The normalized spacial score (nSPS) is 10.3. The zero-order valence-corrected chi connectivity index (χ0v) is 11.0. The highest BCUT2D eigenvalue weighted by Crippen LogP contribution is 2.13. The molecule has 0 atom stereocenters. The number of nitrogens with one attached hydrogen (secondary N) is 1. The Balaban J connectivity index is 2.10. The first-order valence-electron chi connectivity index (χ1n) is 4.85. The molecule has 0 amide bonds. The van der Waals surface area contributed by atoms with Crippen LogP contribution >= 0.6 is 22.9 Å². The molecule has 0 bridgehead atoms. The van der Waals surface area contributed by atoms with Crippen LogP contribution < -0.4 is 10.2 Å². The molecule has 0 aliphatic heterocycles. The summed E-state index contributed by atoms with van der Waals surface area (Å²) in [5, 5.41) is 3.26. The van der Waals surface area contributed by atoms with Gasteiger partial charge in [-0.25, -0.2) is 0 Å². The second-order valence-electron chi connectivity index (χ2n) is 3.44. The number of rotatable bonds is 4. The molecular weight excluding hydrogens is 260 g/mol. The number of halogens is 1. The molecule has 0 unspecified atom stereocenters. The molecule has 2 aromatic rings. The van der Waals surface area contributed by atoms with E-state index in [-0.39, 0.29) is 5.28 Å². The molecule has 0 saturated heterocycles. The van der Waals surface area contributed by atoms with Gasteiger partial charge < -0.3 is 10.2 Å². The van der Waals surface area contributed by atoms with Crippen LogP contribution in [0.1, 0.15) is 4.88 Å². The van der Waals surface area contributed by atoms with E-state index in [1.165, 1.54) is 0 Å². The molecule has 0 aliphatic rings. The van der Waals surface area contributed by atoms with E-state index >= 15 is 0 Å². The molecule has 0 aliphatic carbocycles. The molecule has 17 heavy (non-hydrogen) atoms. The molecule has 0 fully saturated rings. The first-order valence-corrected chi connectivity index (χ1v) is 6.11. The molecule has 1 N–H and O–H groups in total. The summed E-state index contributed by atoms with van der Waals surface area (Å²) in [6, 6.07) is 0. The van der Waals surface area contributed by atoms with Gasteiger partial charge >= 0.3 is 0 Å². The highest BCUT2D eigenvalue weighted by molar-refractivity contribution is 7.09. The lowest BCUT2D eigenvalue weighted by atomic mass is 10.5. The van der Waals surface area contributed by atoms with Crippen LogP contribution in [-0.4, -0.2) is 34.0 Å². The first kappa shape index (κ1) is 12.0. The summed E-state index contributed by atoms with van der Waals surface area (Å²) in [5.74, 6) is 0.985. The molecular formula is C9H11ClN6S. The van der Waals surface area contributed by atoms with Gasteiger partial charge in [0.2, 0.25) is 17.2 Å². The fraction of sp³-hybridized carbons (Fsp3) is 0.333. The summed E-state index contributed by atoms with van der Waals surface area (Å²) in [6.45, 7) is 0.623. The van der Waals surface area contributed by atoms with E-state index in [0.717, 1.165) is 4.88 Å². The molecule has 0 saturated carbocycles. The summed E-state index contributed by atoms with van der Waals surface area (Å²) in [6.07, 6.45) is 1.80. The summed E-state index contributed by atoms with van der Waals surface area (Å²) >= 11 is 7.38. The summed E-state index contributed by atoms with van der Waals surface area (Å²) < 4.78 is 0. The van der Waals surface area contributed by atoms with Gasteiger partial charge in [0.15, 0.2) is 0 Å². The van der Waals surface area contributed by atoms with Crippen molar-refractivity contribution >= 4 is 34.8 Å².